The first kappa shape index (κ1) is 11.3. The van der Waals surface area contributed by atoms with E-state index in [2.05, 4.69) is 5.32 Å². The number of aromatic nitrogens is 1. The van der Waals surface area contributed by atoms with E-state index in [0.717, 1.165) is 31.5 Å². The topological polar surface area (TPSA) is 34.0 Å². The van der Waals surface area contributed by atoms with Crippen LogP contribution in [0.15, 0.2) is 23.1 Å². The molecule has 5 heteroatoms. The molecule has 0 aliphatic carbocycles. The first-order valence-electron chi connectivity index (χ1n) is 5.39. The maximum Gasteiger partial charge on any atom is 0.321 e. The highest BCUT2D eigenvalue weighted by atomic mass is 19.3. The summed E-state index contributed by atoms with van der Waals surface area (Å²) in [7, 11) is 0. The third-order valence-electron chi connectivity index (χ3n) is 2.99. The molecule has 1 saturated heterocycles. The van der Waals surface area contributed by atoms with Crippen molar-refractivity contribution in [2.24, 2.45) is 0 Å². The van der Waals surface area contributed by atoms with Gasteiger partial charge in [-0.15, -0.1) is 0 Å². The number of nitrogens with one attached hydrogen (secondary N) is 1. The molecule has 0 aromatic carbocycles. The largest absolute Gasteiger partial charge is 0.321 e. The SMILES string of the molecule is O=c1cc(C2CCNCC2)ccn1C(F)F. The van der Waals surface area contributed by atoms with Crippen LogP contribution in [0.5, 0.6) is 0 Å². The second-order valence-electron chi connectivity index (χ2n) is 4.01. The van der Waals surface area contributed by atoms with Crippen LogP contribution in [0.1, 0.15) is 30.9 Å². The highest BCUT2D eigenvalue weighted by Crippen LogP contribution is 2.24. The molecule has 0 saturated carbocycles. The van der Waals surface area contributed by atoms with Crippen LogP contribution in [0.25, 0.3) is 0 Å². The fourth-order valence-corrected chi connectivity index (χ4v) is 2.08. The molecule has 2 rings (SSSR count). The average molecular weight is 228 g/mol. The van der Waals surface area contributed by atoms with Crippen molar-refractivity contribution in [3.63, 3.8) is 0 Å². The predicted molar refractivity (Wildman–Crippen MR) is 56.8 cm³/mol. The third kappa shape index (κ3) is 2.29. The molecule has 2 heterocycles. The zero-order chi connectivity index (χ0) is 11.5. The number of pyridine rings is 1. The number of nitrogens with zero attached hydrogens (tertiary/aromatic N) is 1. The lowest BCUT2D eigenvalue weighted by Crippen LogP contribution is -2.28. The quantitative estimate of drug-likeness (QED) is 0.836. The summed E-state index contributed by atoms with van der Waals surface area (Å²) in [6, 6.07) is 2.96. The normalized spacial score (nSPS) is 17.9. The summed E-state index contributed by atoms with van der Waals surface area (Å²) >= 11 is 0. The van der Waals surface area contributed by atoms with Gasteiger partial charge in [0.15, 0.2) is 0 Å². The number of halogens is 2. The van der Waals surface area contributed by atoms with Crippen LogP contribution in [0.3, 0.4) is 0 Å². The molecule has 0 unspecified atom stereocenters. The molecule has 0 bridgehead atoms. The smallest absolute Gasteiger partial charge is 0.317 e. The molecule has 0 spiro atoms. The van der Waals surface area contributed by atoms with Gasteiger partial charge in [0.05, 0.1) is 0 Å². The maximum absolute atomic E-state index is 12.4. The first-order valence-corrected chi connectivity index (χ1v) is 5.39. The molecular formula is C11H14F2N2O. The zero-order valence-corrected chi connectivity index (χ0v) is 8.83. The van der Waals surface area contributed by atoms with Gasteiger partial charge >= 0.3 is 6.55 Å². The molecule has 3 nitrogen and oxygen atoms in total. The Hall–Kier alpha value is -1.23. The summed E-state index contributed by atoms with van der Waals surface area (Å²) in [4.78, 5) is 11.4. The van der Waals surface area contributed by atoms with E-state index in [-0.39, 0.29) is 0 Å². The maximum atomic E-state index is 12.4. The molecular weight excluding hydrogens is 214 g/mol. The fourth-order valence-electron chi connectivity index (χ4n) is 2.08. The number of rotatable bonds is 2. The van der Waals surface area contributed by atoms with Gasteiger partial charge in [0, 0.05) is 12.3 Å². The van der Waals surface area contributed by atoms with Gasteiger partial charge in [-0.1, -0.05) is 0 Å². The Labute approximate surface area is 92.1 Å². The lowest BCUT2D eigenvalue weighted by Gasteiger charge is -2.22. The van der Waals surface area contributed by atoms with Gasteiger partial charge < -0.3 is 5.32 Å². The fraction of sp³-hybridized carbons (Fsp3) is 0.545. The lowest BCUT2D eigenvalue weighted by atomic mass is 9.91. The van der Waals surface area contributed by atoms with Crippen molar-refractivity contribution in [2.75, 3.05) is 13.1 Å². The van der Waals surface area contributed by atoms with Crippen molar-refractivity contribution in [1.29, 1.82) is 0 Å². The van der Waals surface area contributed by atoms with Crippen molar-refractivity contribution in [2.45, 2.75) is 25.3 Å². The van der Waals surface area contributed by atoms with Crippen molar-refractivity contribution < 1.29 is 8.78 Å². The van der Waals surface area contributed by atoms with Crippen molar-refractivity contribution in [1.82, 2.24) is 9.88 Å². The van der Waals surface area contributed by atoms with Gasteiger partial charge in [-0.2, -0.15) is 8.78 Å². The van der Waals surface area contributed by atoms with Crippen LogP contribution >= 0.6 is 0 Å². The molecule has 1 aromatic rings. The summed E-state index contributed by atoms with van der Waals surface area (Å²) in [5, 5.41) is 3.23. The Balaban J connectivity index is 2.23. The molecule has 1 fully saturated rings. The summed E-state index contributed by atoms with van der Waals surface area (Å²) in [5.41, 5.74) is 0.259. The molecule has 16 heavy (non-hydrogen) atoms. The Morgan fingerprint density at radius 2 is 2.06 bits per heavy atom. The molecule has 0 radical (unpaired) electrons. The Morgan fingerprint density at radius 3 is 2.62 bits per heavy atom. The van der Waals surface area contributed by atoms with E-state index in [9.17, 15) is 13.6 Å². The summed E-state index contributed by atoms with van der Waals surface area (Å²) < 4.78 is 25.2. The molecule has 1 aromatic heterocycles. The van der Waals surface area contributed by atoms with Gasteiger partial charge in [0.25, 0.3) is 5.56 Å². The Kier molecular flexibility index (Phi) is 3.33. The van der Waals surface area contributed by atoms with Crippen molar-refractivity contribution >= 4 is 0 Å². The molecule has 88 valence electrons. The summed E-state index contributed by atoms with van der Waals surface area (Å²) in [5.74, 6) is 0.321. The van der Waals surface area contributed by atoms with Crippen molar-refractivity contribution in [3.05, 3.63) is 34.2 Å². The van der Waals surface area contributed by atoms with E-state index < -0.39 is 12.1 Å². The predicted octanol–water partition coefficient (Wildman–Crippen LogP) is 1.71. The number of alkyl halides is 2. The van der Waals surface area contributed by atoms with Crippen LogP contribution in [-0.2, 0) is 0 Å². The van der Waals surface area contributed by atoms with Gasteiger partial charge in [-0.3, -0.25) is 9.36 Å². The summed E-state index contributed by atoms with van der Waals surface area (Å²) in [6.45, 7) is -0.917. The highest BCUT2D eigenvalue weighted by Gasteiger charge is 2.16. The minimum absolute atomic E-state index is 0.321. The second kappa shape index (κ2) is 4.74. The standard InChI is InChI=1S/C11H14F2N2O/c12-11(13)15-6-3-9(7-10(15)16)8-1-4-14-5-2-8/h3,6-8,11,14H,1-2,4-5H2. The van der Waals surface area contributed by atoms with E-state index in [1.165, 1.54) is 12.3 Å². The first-order chi connectivity index (χ1) is 7.68. The number of hydrogen-bond acceptors (Lipinski definition) is 2. The summed E-state index contributed by atoms with van der Waals surface area (Å²) in [6.07, 6.45) is 3.10. The Bertz CT molecular complexity index is 411. The van der Waals surface area contributed by atoms with E-state index in [1.807, 2.05) is 0 Å². The van der Waals surface area contributed by atoms with E-state index in [0.29, 0.717) is 10.5 Å². The minimum Gasteiger partial charge on any atom is -0.317 e. The van der Waals surface area contributed by atoms with Crippen LogP contribution in [0.4, 0.5) is 8.78 Å². The monoisotopic (exact) mass is 228 g/mol. The second-order valence-corrected chi connectivity index (χ2v) is 4.01. The van der Waals surface area contributed by atoms with Crippen LogP contribution < -0.4 is 10.9 Å². The van der Waals surface area contributed by atoms with E-state index >= 15 is 0 Å². The molecule has 1 N–H and O–H groups in total. The lowest BCUT2D eigenvalue weighted by molar-refractivity contribution is 0.0662. The zero-order valence-electron chi connectivity index (χ0n) is 8.83. The van der Waals surface area contributed by atoms with Crippen LogP contribution in [0, 0.1) is 0 Å². The van der Waals surface area contributed by atoms with Gasteiger partial charge in [-0.05, 0) is 43.5 Å². The molecule has 0 amide bonds. The Morgan fingerprint density at radius 1 is 1.38 bits per heavy atom. The highest BCUT2D eigenvalue weighted by molar-refractivity contribution is 5.17. The van der Waals surface area contributed by atoms with Crippen LogP contribution in [-0.4, -0.2) is 17.7 Å². The van der Waals surface area contributed by atoms with Gasteiger partial charge in [-0.25, -0.2) is 0 Å². The number of piperidine rings is 1. The number of hydrogen-bond donors (Lipinski definition) is 1. The average Bonchev–Trinajstić information content (AvgIpc) is 2.29. The van der Waals surface area contributed by atoms with Gasteiger partial charge in [0.2, 0.25) is 0 Å². The minimum atomic E-state index is -2.76. The molecule has 0 atom stereocenters. The molecule has 1 aliphatic rings. The van der Waals surface area contributed by atoms with E-state index in [4.69, 9.17) is 0 Å². The van der Waals surface area contributed by atoms with Crippen molar-refractivity contribution in [3.8, 4) is 0 Å². The van der Waals surface area contributed by atoms with E-state index in [1.54, 1.807) is 6.07 Å². The van der Waals surface area contributed by atoms with Crippen LogP contribution in [0.2, 0.25) is 0 Å². The molecule has 1 aliphatic heterocycles. The van der Waals surface area contributed by atoms with Gasteiger partial charge in [0.1, 0.15) is 0 Å². The third-order valence-corrected chi connectivity index (χ3v) is 2.99.